The first-order chi connectivity index (χ1) is 7.41. The molecule has 0 aromatic heterocycles. The van der Waals surface area contributed by atoms with Gasteiger partial charge in [-0.2, -0.15) is 0 Å². The molecule has 0 aromatic rings. The summed E-state index contributed by atoms with van der Waals surface area (Å²) in [6.07, 6.45) is 1.18. The van der Waals surface area contributed by atoms with Gasteiger partial charge >= 0.3 is 0 Å². The minimum Gasteiger partial charge on any atom is -0.375 e. The van der Waals surface area contributed by atoms with Gasteiger partial charge in [-0.15, -0.1) is 0 Å². The number of nitrogens with zero attached hydrogens (tertiary/aromatic N) is 1. The van der Waals surface area contributed by atoms with E-state index in [1.807, 2.05) is 0 Å². The second kappa shape index (κ2) is 5.48. The first kappa shape index (κ1) is 13.9. The fraction of sp³-hybridized carbons (Fsp3) is 1.00. The molecule has 96 valence electrons. The van der Waals surface area contributed by atoms with Crippen molar-refractivity contribution in [1.29, 1.82) is 0 Å². The van der Waals surface area contributed by atoms with Crippen molar-refractivity contribution in [3.63, 3.8) is 0 Å². The predicted octanol–water partition coefficient (Wildman–Crippen LogP) is 1.88. The lowest BCUT2D eigenvalue weighted by molar-refractivity contribution is -0.0427. The van der Waals surface area contributed by atoms with Crippen LogP contribution in [0.3, 0.4) is 0 Å². The number of nitrogens with one attached hydrogen (secondary N) is 1. The molecule has 0 aliphatic carbocycles. The van der Waals surface area contributed by atoms with E-state index in [0.717, 1.165) is 32.8 Å². The smallest absolute Gasteiger partial charge is 0.0752 e. The van der Waals surface area contributed by atoms with Gasteiger partial charge in [0.15, 0.2) is 0 Å². The summed E-state index contributed by atoms with van der Waals surface area (Å²) in [5, 5.41) is 3.61. The quantitative estimate of drug-likeness (QED) is 0.777. The SMILES string of the molecule is CCOC(C)(C)CN1CCNC(C)(CC)C1. The first-order valence-electron chi connectivity index (χ1n) is 6.52. The Bertz CT molecular complexity index is 218. The molecule has 1 unspecified atom stereocenters. The minimum absolute atomic E-state index is 0.0270. The maximum absolute atomic E-state index is 5.77. The molecule has 0 radical (unpaired) electrons. The molecule has 0 amide bonds. The van der Waals surface area contributed by atoms with Gasteiger partial charge in [-0.05, 0) is 34.1 Å². The van der Waals surface area contributed by atoms with E-state index in [4.69, 9.17) is 4.74 Å². The molecule has 16 heavy (non-hydrogen) atoms. The largest absolute Gasteiger partial charge is 0.375 e. The molecule has 0 spiro atoms. The average molecular weight is 228 g/mol. The highest BCUT2D eigenvalue weighted by molar-refractivity contribution is 4.91. The van der Waals surface area contributed by atoms with E-state index in [0.29, 0.717) is 0 Å². The lowest BCUT2D eigenvalue weighted by Crippen LogP contribution is -2.60. The first-order valence-corrected chi connectivity index (χ1v) is 6.52. The molecular weight excluding hydrogens is 200 g/mol. The molecule has 0 saturated carbocycles. The normalized spacial score (nSPS) is 28.3. The van der Waals surface area contributed by atoms with E-state index in [1.165, 1.54) is 6.42 Å². The second-order valence-corrected chi connectivity index (χ2v) is 5.74. The Morgan fingerprint density at radius 2 is 2.06 bits per heavy atom. The maximum atomic E-state index is 5.77. The molecule has 3 heteroatoms. The second-order valence-electron chi connectivity index (χ2n) is 5.74. The Labute approximate surface area is 101 Å². The van der Waals surface area contributed by atoms with Gasteiger partial charge in [-0.25, -0.2) is 0 Å². The van der Waals surface area contributed by atoms with E-state index >= 15 is 0 Å². The fourth-order valence-electron chi connectivity index (χ4n) is 2.49. The van der Waals surface area contributed by atoms with Crippen LogP contribution in [0.25, 0.3) is 0 Å². The van der Waals surface area contributed by atoms with E-state index in [1.54, 1.807) is 0 Å². The predicted molar refractivity (Wildman–Crippen MR) is 68.8 cm³/mol. The van der Waals surface area contributed by atoms with Gasteiger partial charge in [-0.1, -0.05) is 6.92 Å². The monoisotopic (exact) mass is 228 g/mol. The molecule has 1 aliphatic heterocycles. The zero-order chi connectivity index (χ0) is 12.2. The highest BCUT2D eigenvalue weighted by atomic mass is 16.5. The number of hydrogen-bond acceptors (Lipinski definition) is 3. The van der Waals surface area contributed by atoms with Crippen molar-refractivity contribution in [1.82, 2.24) is 10.2 Å². The van der Waals surface area contributed by atoms with Crippen molar-refractivity contribution in [2.45, 2.75) is 52.2 Å². The van der Waals surface area contributed by atoms with Crippen LogP contribution >= 0.6 is 0 Å². The van der Waals surface area contributed by atoms with Gasteiger partial charge in [0.1, 0.15) is 0 Å². The Balaban J connectivity index is 2.48. The summed E-state index contributed by atoms with van der Waals surface area (Å²) in [5.41, 5.74) is 0.251. The van der Waals surface area contributed by atoms with E-state index in [9.17, 15) is 0 Å². The van der Waals surface area contributed by atoms with E-state index in [2.05, 4.69) is 44.8 Å². The van der Waals surface area contributed by atoms with Gasteiger partial charge in [0.25, 0.3) is 0 Å². The van der Waals surface area contributed by atoms with Crippen LogP contribution in [0.5, 0.6) is 0 Å². The Morgan fingerprint density at radius 3 is 2.62 bits per heavy atom. The zero-order valence-corrected chi connectivity index (χ0v) is 11.6. The van der Waals surface area contributed by atoms with Gasteiger partial charge in [0, 0.05) is 38.3 Å². The fourth-order valence-corrected chi connectivity index (χ4v) is 2.49. The lowest BCUT2D eigenvalue weighted by atomic mass is 9.95. The number of hydrogen-bond donors (Lipinski definition) is 1. The molecule has 1 rings (SSSR count). The highest BCUT2D eigenvalue weighted by Crippen LogP contribution is 2.18. The zero-order valence-electron chi connectivity index (χ0n) is 11.6. The van der Waals surface area contributed by atoms with Crippen LogP contribution in [0, 0.1) is 0 Å². The maximum Gasteiger partial charge on any atom is 0.0752 e. The Morgan fingerprint density at radius 1 is 1.38 bits per heavy atom. The van der Waals surface area contributed by atoms with Gasteiger partial charge in [0.05, 0.1) is 5.60 Å². The standard InChI is InChI=1S/C13H28N2O/c1-6-13(5)11-15(9-8-14-13)10-12(3,4)16-7-2/h14H,6-11H2,1-5H3. The van der Waals surface area contributed by atoms with Crippen LogP contribution < -0.4 is 5.32 Å². The molecule has 0 aromatic carbocycles. The molecule has 0 bridgehead atoms. The lowest BCUT2D eigenvalue weighted by Gasteiger charge is -2.43. The summed E-state index contributed by atoms with van der Waals surface area (Å²) in [4.78, 5) is 2.52. The molecular formula is C13H28N2O. The average Bonchev–Trinajstić information content (AvgIpc) is 2.17. The van der Waals surface area contributed by atoms with Crippen LogP contribution in [0.4, 0.5) is 0 Å². The van der Waals surface area contributed by atoms with E-state index < -0.39 is 0 Å². The molecule has 1 heterocycles. The summed E-state index contributed by atoms with van der Waals surface area (Å²) in [6, 6.07) is 0. The molecule has 1 atom stereocenters. The third kappa shape index (κ3) is 4.04. The Kier molecular flexibility index (Phi) is 4.77. The number of ether oxygens (including phenoxy) is 1. The van der Waals surface area contributed by atoms with Crippen molar-refractivity contribution < 1.29 is 4.74 Å². The molecule has 3 nitrogen and oxygen atoms in total. The van der Waals surface area contributed by atoms with Crippen molar-refractivity contribution in [3.05, 3.63) is 0 Å². The number of rotatable bonds is 5. The van der Waals surface area contributed by atoms with Crippen LogP contribution in [0.2, 0.25) is 0 Å². The van der Waals surface area contributed by atoms with Gasteiger partial charge < -0.3 is 10.1 Å². The minimum atomic E-state index is -0.0270. The molecule has 1 saturated heterocycles. The molecule has 1 aliphatic rings. The van der Waals surface area contributed by atoms with Crippen LogP contribution in [-0.4, -0.2) is 48.8 Å². The summed E-state index contributed by atoms with van der Waals surface area (Å²) in [7, 11) is 0. The van der Waals surface area contributed by atoms with Crippen molar-refractivity contribution in [2.24, 2.45) is 0 Å². The third-order valence-corrected chi connectivity index (χ3v) is 3.47. The van der Waals surface area contributed by atoms with E-state index in [-0.39, 0.29) is 11.1 Å². The van der Waals surface area contributed by atoms with Gasteiger partial charge in [-0.3, -0.25) is 4.90 Å². The van der Waals surface area contributed by atoms with Crippen LogP contribution in [-0.2, 0) is 4.74 Å². The molecule has 1 N–H and O–H groups in total. The highest BCUT2D eigenvalue weighted by Gasteiger charge is 2.31. The van der Waals surface area contributed by atoms with Crippen molar-refractivity contribution in [2.75, 3.05) is 32.8 Å². The van der Waals surface area contributed by atoms with Crippen LogP contribution in [0.15, 0.2) is 0 Å². The topological polar surface area (TPSA) is 24.5 Å². The Hall–Kier alpha value is -0.120. The van der Waals surface area contributed by atoms with Crippen LogP contribution in [0.1, 0.15) is 41.0 Å². The number of piperazine rings is 1. The van der Waals surface area contributed by atoms with Crippen molar-refractivity contribution >= 4 is 0 Å². The van der Waals surface area contributed by atoms with Crippen molar-refractivity contribution in [3.8, 4) is 0 Å². The van der Waals surface area contributed by atoms with Gasteiger partial charge in [0.2, 0.25) is 0 Å². The summed E-state index contributed by atoms with van der Waals surface area (Å²) in [6.45, 7) is 16.2. The summed E-state index contributed by atoms with van der Waals surface area (Å²) < 4.78 is 5.77. The molecule has 1 fully saturated rings. The summed E-state index contributed by atoms with van der Waals surface area (Å²) in [5.74, 6) is 0. The summed E-state index contributed by atoms with van der Waals surface area (Å²) >= 11 is 0. The third-order valence-electron chi connectivity index (χ3n) is 3.47.